The lowest BCUT2D eigenvalue weighted by Gasteiger charge is -2.35. The Balaban J connectivity index is 1.71. The van der Waals surface area contributed by atoms with Gasteiger partial charge in [-0.3, -0.25) is 9.71 Å². The number of rotatable bonds is 10. The van der Waals surface area contributed by atoms with E-state index in [1.807, 2.05) is 19.0 Å². The fraction of sp³-hybridized carbons (Fsp3) is 0.750. The first-order chi connectivity index (χ1) is 12.4. The third-order valence-electron chi connectivity index (χ3n) is 5.42. The first-order valence-corrected chi connectivity index (χ1v) is 10.7. The second kappa shape index (κ2) is 10.6. The highest BCUT2D eigenvalue weighted by molar-refractivity contribution is 7.97. The fourth-order valence-electron chi connectivity index (χ4n) is 3.95. The van der Waals surface area contributed by atoms with E-state index in [1.54, 1.807) is 0 Å². The molecule has 2 rings (SSSR count). The fourth-order valence-corrected chi connectivity index (χ4v) is 4.60. The van der Waals surface area contributed by atoms with Crippen LogP contribution in [0.5, 0.6) is 0 Å². The van der Waals surface area contributed by atoms with Gasteiger partial charge >= 0.3 is 0 Å². The van der Waals surface area contributed by atoms with Crippen LogP contribution in [0.2, 0.25) is 0 Å². The van der Waals surface area contributed by atoms with Crippen molar-refractivity contribution in [2.45, 2.75) is 64.0 Å². The maximum absolute atomic E-state index is 13.2. The number of hydrogen-bond acceptors (Lipinski definition) is 5. The van der Waals surface area contributed by atoms with E-state index in [2.05, 4.69) is 28.9 Å². The van der Waals surface area contributed by atoms with E-state index in [1.165, 1.54) is 50.1 Å². The zero-order valence-electron chi connectivity index (χ0n) is 16.3. The summed E-state index contributed by atoms with van der Waals surface area (Å²) in [5.74, 6) is 2.42. The van der Waals surface area contributed by atoms with Crippen molar-refractivity contribution in [3.8, 4) is 0 Å². The number of aliphatic hydroxyl groups excluding tert-OH is 1. The van der Waals surface area contributed by atoms with Gasteiger partial charge < -0.3 is 10.4 Å². The third kappa shape index (κ3) is 7.51. The van der Waals surface area contributed by atoms with Crippen molar-refractivity contribution in [2.24, 2.45) is 11.8 Å². The lowest BCUT2D eigenvalue weighted by Crippen LogP contribution is -2.43. The van der Waals surface area contributed by atoms with Crippen LogP contribution in [0, 0.1) is 17.7 Å². The van der Waals surface area contributed by atoms with Crippen molar-refractivity contribution in [1.82, 2.24) is 15.0 Å². The van der Waals surface area contributed by atoms with Crippen LogP contribution >= 0.6 is 11.9 Å². The first-order valence-electron chi connectivity index (χ1n) is 9.71. The van der Waals surface area contributed by atoms with Crippen LogP contribution in [0.4, 0.5) is 4.39 Å². The van der Waals surface area contributed by atoms with E-state index in [4.69, 9.17) is 0 Å². The molecule has 1 fully saturated rings. The molecule has 0 bridgehead atoms. The highest BCUT2D eigenvalue weighted by Crippen LogP contribution is 2.35. The summed E-state index contributed by atoms with van der Waals surface area (Å²) < 4.78 is 16.4. The minimum Gasteiger partial charge on any atom is -0.387 e. The highest BCUT2D eigenvalue weighted by Gasteiger charge is 2.27. The van der Waals surface area contributed by atoms with Gasteiger partial charge in [0.2, 0.25) is 0 Å². The van der Waals surface area contributed by atoms with Gasteiger partial charge in [0.1, 0.15) is 5.82 Å². The van der Waals surface area contributed by atoms with E-state index in [9.17, 15) is 9.50 Å². The Hall–Kier alpha value is -0.690. The van der Waals surface area contributed by atoms with E-state index < -0.39 is 11.9 Å². The Kier molecular flexibility index (Phi) is 8.80. The maximum atomic E-state index is 13.2. The van der Waals surface area contributed by atoms with Crippen molar-refractivity contribution in [3.05, 3.63) is 29.8 Å². The third-order valence-corrected chi connectivity index (χ3v) is 6.15. The average Bonchev–Trinajstić information content (AvgIpc) is 2.61. The zero-order valence-corrected chi connectivity index (χ0v) is 17.1. The minimum absolute atomic E-state index is 0.0405. The van der Waals surface area contributed by atoms with Crippen LogP contribution in [-0.4, -0.2) is 35.0 Å². The van der Waals surface area contributed by atoms with Gasteiger partial charge in [0.25, 0.3) is 0 Å². The quantitative estimate of drug-likeness (QED) is 0.420. The largest absolute Gasteiger partial charge is 0.387 e. The molecule has 148 valence electrons. The molecule has 0 aliphatic heterocycles. The Labute approximate surface area is 161 Å². The van der Waals surface area contributed by atoms with Crippen molar-refractivity contribution < 1.29 is 9.50 Å². The predicted octanol–water partition coefficient (Wildman–Crippen LogP) is 4.08. The molecule has 0 amide bonds. The summed E-state index contributed by atoms with van der Waals surface area (Å²) in [5, 5.41) is 13.7. The topological polar surface area (TPSA) is 57.2 Å². The summed E-state index contributed by atoms with van der Waals surface area (Å²) in [6.07, 6.45) is 9.64. The predicted molar refractivity (Wildman–Crippen MR) is 107 cm³/mol. The first kappa shape index (κ1) is 21.6. The van der Waals surface area contributed by atoms with Gasteiger partial charge in [0.05, 0.1) is 12.3 Å². The molecular formula is C20H34FN3OS. The molecule has 1 aromatic heterocycles. The summed E-state index contributed by atoms with van der Waals surface area (Å²) in [6.45, 7) is 4.80. The Morgan fingerprint density at radius 3 is 2.62 bits per heavy atom. The minimum atomic E-state index is -0.738. The summed E-state index contributed by atoms with van der Waals surface area (Å²) in [6, 6.07) is 1.35. The van der Waals surface area contributed by atoms with Gasteiger partial charge in [-0.05, 0) is 51.6 Å². The highest BCUT2D eigenvalue weighted by atomic mass is 32.2. The van der Waals surface area contributed by atoms with E-state index in [-0.39, 0.29) is 5.54 Å². The van der Waals surface area contributed by atoms with Crippen molar-refractivity contribution in [1.29, 1.82) is 0 Å². The number of halogens is 1. The van der Waals surface area contributed by atoms with Crippen molar-refractivity contribution in [2.75, 3.05) is 19.3 Å². The van der Waals surface area contributed by atoms with Crippen LogP contribution in [0.3, 0.4) is 0 Å². The monoisotopic (exact) mass is 383 g/mol. The second-order valence-corrected chi connectivity index (χ2v) is 9.25. The number of nitrogens with one attached hydrogen (secondary N) is 2. The SMILES string of the molecule is CNSCCC1CCC(CC(C)(C)NC[C@H](O)c2cncc(F)c2)CC1. The lowest BCUT2D eigenvalue weighted by molar-refractivity contribution is 0.147. The summed E-state index contributed by atoms with van der Waals surface area (Å²) >= 11 is 1.81. The van der Waals surface area contributed by atoms with Gasteiger partial charge in [0.15, 0.2) is 0 Å². The van der Waals surface area contributed by atoms with Gasteiger partial charge in [-0.15, -0.1) is 0 Å². The molecule has 0 spiro atoms. The summed E-state index contributed by atoms with van der Waals surface area (Å²) in [4.78, 5) is 3.81. The van der Waals surface area contributed by atoms with Crippen LogP contribution in [0.25, 0.3) is 0 Å². The number of aromatic nitrogens is 1. The molecule has 3 N–H and O–H groups in total. The summed E-state index contributed by atoms with van der Waals surface area (Å²) in [5.41, 5.74) is 0.481. The molecule has 1 aliphatic carbocycles. The molecule has 0 aromatic carbocycles. The number of hydrogen-bond donors (Lipinski definition) is 3. The lowest BCUT2D eigenvalue weighted by atomic mass is 9.76. The standard InChI is InChI=1S/C20H34FN3OS/c1-20(2,24-14-19(25)17-10-18(21)13-23-12-17)11-16-6-4-15(5-7-16)8-9-26-22-3/h10,12-13,15-16,19,22,24-25H,4-9,11,14H2,1-3H3/t15?,16?,19-/m0/s1. The van der Waals surface area contributed by atoms with Crippen LogP contribution in [0.1, 0.15) is 64.0 Å². The molecule has 26 heavy (non-hydrogen) atoms. The van der Waals surface area contributed by atoms with Crippen LogP contribution in [0.15, 0.2) is 18.5 Å². The van der Waals surface area contributed by atoms with Crippen LogP contribution < -0.4 is 10.0 Å². The molecule has 1 saturated carbocycles. The van der Waals surface area contributed by atoms with Crippen molar-refractivity contribution >= 4 is 11.9 Å². The Morgan fingerprint density at radius 2 is 1.96 bits per heavy atom. The smallest absolute Gasteiger partial charge is 0.141 e. The van der Waals surface area contributed by atoms with Gasteiger partial charge in [-0.25, -0.2) is 4.39 Å². The molecule has 0 unspecified atom stereocenters. The van der Waals surface area contributed by atoms with Gasteiger partial charge in [0, 0.05) is 29.6 Å². The van der Waals surface area contributed by atoms with Crippen molar-refractivity contribution in [3.63, 3.8) is 0 Å². The van der Waals surface area contributed by atoms with E-state index >= 15 is 0 Å². The average molecular weight is 384 g/mol. The molecule has 4 nitrogen and oxygen atoms in total. The molecule has 0 radical (unpaired) electrons. The number of aliphatic hydroxyl groups is 1. The van der Waals surface area contributed by atoms with Crippen LogP contribution in [-0.2, 0) is 0 Å². The molecule has 1 aromatic rings. The normalized spacial score (nSPS) is 22.3. The Morgan fingerprint density at radius 1 is 1.27 bits per heavy atom. The van der Waals surface area contributed by atoms with E-state index in [0.717, 1.165) is 24.5 Å². The number of pyridine rings is 1. The Bertz CT molecular complexity index is 536. The zero-order chi connectivity index (χ0) is 19.0. The molecular weight excluding hydrogens is 349 g/mol. The van der Waals surface area contributed by atoms with Gasteiger partial charge in [-0.2, -0.15) is 0 Å². The second-order valence-electron chi connectivity index (χ2n) is 8.15. The summed E-state index contributed by atoms with van der Waals surface area (Å²) in [7, 11) is 1.98. The number of nitrogens with zero attached hydrogens (tertiary/aromatic N) is 1. The number of β-amino-alcohol motifs (C(OH)–C–C–N with tert-alkyl or cyclic N) is 1. The molecule has 1 atom stereocenters. The van der Waals surface area contributed by atoms with Gasteiger partial charge in [-0.1, -0.05) is 37.6 Å². The van der Waals surface area contributed by atoms with E-state index in [0.29, 0.717) is 12.1 Å². The molecule has 1 heterocycles. The molecule has 0 saturated heterocycles. The maximum Gasteiger partial charge on any atom is 0.141 e. The molecule has 1 aliphatic rings. The molecule has 6 heteroatoms.